The molecule has 0 saturated heterocycles. The molecule has 328 valence electrons. The van der Waals surface area contributed by atoms with Crippen molar-refractivity contribution in [1.82, 2.24) is 4.57 Å². The normalized spacial score (nSPS) is 13.1. The fourth-order valence-corrected chi connectivity index (χ4v) is 10.5. The van der Waals surface area contributed by atoms with Crippen LogP contribution in [-0.2, 0) is 12.8 Å². The largest absolute Gasteiger partial charge is 0.311 e. The van der Waals surface area contributed by atoms with E-state index in [1.54, 1.807) is 0 Å². The molecule has 2 unspecified atom stereocenters. The van der Waals surface area contributed by atoms with Crippen LogP contribution in [0.15, 0.2) is 212 Å². The number of aromatic nitrogens is 1. The van der Waals surface area contributed by atoms with Crippen molar-refractivity contribution in [2.24, 2.45) is 0 Å². The van der Waals surface area contributed by atoms with Crippen LogP contribution in [0.4, 0.5) is 17.1 Å². The Labute approximate surface area is 396 Å². The van der Waals surface area contributed by atoms with Crippen LogP contribution in [0.5, 0.6) is 0 Å². The van der Waals surface area contributed by atoms with Gasteiger partial charge in [-0.2, -0.15) is 0 Å². The molecular weight excluding hydrogens is 809 g/mol. The first-order valence-electron chi connectivity index (χ1n) is 24.4. The van der Waals surface area contributed by atoms with Crippen molar-refractivity contribution in [2.75, 3.05) is 4.90 Å². The fourth-order valence-electron chi connectivity index (χ4n) is 10.5. The molecular formula is C65H58N2. The number of para-hydroxylation sites is 2. The van der Waals surface area contributed by atoms with E-state index in [1.807, 2.05) is 0 Å². The molecule has 1 heterocycles. The lowest BCUT2D eigenvalue weighted by Gasteiger charge is -2.25. The van der Waals surface area contributed by atoms with Crippen molar-refractivity contribution in [3.05, 3.63) is 240 Å². The third-order valence-corrected chi connectivity index (χ3v) is 14.6. The van der Waals surface area contributed by atoms with Gasteiger partial charge in [-0.15, -0.1) is 0 Å². The molecule has 0 radical (unpaired) electrons. The van der Waals surface area contributed by atoms with Crippen LogP contribution in [0, 0.1) is 0 Å². The topological polar surface area (TPSA) is 8.17 Å². The second kappa shape index (κ2) is 18.1. The Morgan fingerprint density at radius 2 is 0.866 bits per heavy atom. The summed E-state index contributed by atoms with van der Waals surface area (Å²) in [5.74, 6) is 1.44. The van der Waals surface area contributed by atoms with Crippen LogP contribution in [0.2, 0.25) is 0 Å². The van der Waals surface area contributed by atoms with Crippen LogP contribution in [0.25, 0.3) is 60.9 Å². The van der Waals surface area contributed by atoms with E-state index in [1.165, 1.54) is 102 Å². The number of benzene rings is 9. The summed E-state index contributed by atoms with van der Waals surface area (Å²) in [7, 11) is 0. The zero-order valence-corrected chi connectivity index (χ0v) is 39.2. The van der Waals surface area contributed by atoms with Gasteiger partial charge in [-0.05, 0) is 177 Å². The smallest absolute Gasteiger partial charge is 0.0541 e. The second-order valence-electron chi connectivity index (χ2n) is 19.1. The minimum Gasteiger partial charge on any atom is -0.311 e. The van der Waals surface area contributed by atoms with Crippen LogP contribution in [-0.4, -0.2) is 4.57 Å². The summed E-state index contributed by atoms with van der Waals surface area (Å²) in [6.45, 7) is 9.26. The molecule has 11 rings (SSSR count). The first-order chi connectivity index (χ1) is 32.9. The Kier molecular flexibility index (Phi) is 11.4. The van der Waals surface area contributed by atoms with E-state index in [9.17, 15) is 0 Å². The Balaban J connectivity index is 0.895. The molecule has 0 bridgehead atoms. The maximum atomic E-state index is 2.44. The van der Waals surface area contributed by atoms with Gasteiger partial charge < -0.3 is 9.47 Å². The molecule has 0 fully saturated rings. The van der Waals surface area contributed by atoms with Crippen molar-refractivity contribution in [3.8, 4) is 39.1 Å². The summed E-state index contributed by atoms with van der Waals surface area (Å²) >= 11 is 0. The van der Waals surface area contributed by atoms with E-state index in [0.717, 1.165) is 29.9 Å². The number of nitrogens with zero attached hydrogens (tertiary/aromatic N) is 2. The van der Waals surface area contributed by atoms with E-state index in [-0.39, 0.29) is 0 Å². The first kappa shape index (κ1) is 42.2. The number of hydrogen-bond donors (Lipinski definition) is 0. The molecule has 67 heavy (non-hydrogen) atoms. The van der Waals surface area contributed by atoms with Crippen LogP contribution in [0.1, 0.15) is 86.1 Å². The van der Waals surface area contributed by atoms with Gasteiger partial charge in [0.05, 0.1) is 11.0 Å². The Hall–Kier alpha value is -7.42. The Morgan fingerprint density at radius 1 is 0.418 bits per heavy atom. The minimum atomic E-state index is 0.446. The molecule has 2 atom stereocenters. The van der Waals surface area contributed by atoms with E-state index in [4.69, 9.17) is 0 Å². The highest BCUT2D eigenvalue weighted by Gasteiger charge is 2.19. The third kappa shape index (κ3) is 8.27. The predicted molar refractivity (Wildman–Crippen MR) is 286 cm³/mol. The number of anilines is 3. The molecule has 2 nitrogen and oxygen atoms in total. The van der Waals surface area contributed by atoms with Crippen molar-refractivity contribution in [3.63, 3.8) is 0 Å². The molecule has 1 aliphatic rings. The summed E-state index contributed by atoms with van der Waals surface area (Å²) in [4.78, 5) is 2.32. The zero-order chi connectivity index (χ0) is 45.4. The SMILES string of the molecule is CCC(CC(C)c1ccc(-c2ccc3c(c2)c2cc(-c4ccc(N(c5ccccc5)c5ccccc5)cc4)ccc2n3-c2ccc(C(C)C)cc2)cc1)c1ccc(-c2ccc3c(c2)CC3)cc1. The van der Waals surface area contributed by atoms with Gasteiger partial charge in [0, 0.05) is 33.5 Å². The summed E-state index contributed by atoms with van der Waals surface area (Å²) < 4.78 is 2.44. The summed E-state index contributed by atoms with van der Waals surface area (Å²) in [5.41, 5.74) is 21.8. The van der Waals surface area contributed by atoms with E-state index >= 15 is 0 Å². The third-order valence-electron chi connectivity index (χ3n) is 14.6. The maximum absolute atomic E-state index is 2.44. The maximum Gasteiger partial charge on any atom is 0.0541 e. The molecule has 0 aliphatic heterocycles. The Bertz CT molecular complexity index is 3270. The van der Waals surface area contributed by atoms with Gasteiger partial charge in [-0.25, -0.2) is 0 Å². The van der Waals surface area contributed by atoms with Crippen molar-refractivity contribution < 1.29 is 0 Å². The quantitative estimate of drug-likeness (QED) is 0.112. The molecule has 2 heteroatoms. The highest BCUT2D eigenvalue weighted by atomic mass is 15.1. The second-order valence-corrected chi connectivity index (χ2v) is 19.1. The highest BCUT2D eigenvalue weighted by molar-refractivity contribution is 6.11. The Morgan fingerprint density at radius 3 is 1.36 bits per heavy atom. The zero-order valence-electron chi connectivity index (χ0n) is 39.2. The van der Waals surface area contributed by atoms with Crippen LogP contribution < -0.4 is 4.90 Å². The highest BCUT2D eigenvalue weighted by Crippen LogP contribution is 2.41. The lowest BCUT2D eigenvalue weighted by Crippen LogP contribution is -2.09. The van der Waals surface area contributed by atoms with Crippen LogP contribution >= 0.6 is 0 Å². The molecule has 1 aliphatic carbocycles. The molecule has 0 saturated carbocycles. The minimum absolute atomic E-state index is 0.446. The molecule has 0 spiro atoms. The molecule has 10 aromatic rings. The number of rotatable bonds is 13. The summed E-state index contributed by atoms with van der Waals surface area (Å²) in [5, 5.41) is 2.51. The van der Waals surface area contributed by atoms with Crippen molar-refractivity contribution >= 4 is 38.9 Å². The molecule has 9 aromatic carbocycles. The van der Waals surface area contributed by atoms with Gasteiger partial charge in [0.25, 0.3) is 0 Å². The van der Waals surface area contributed by atoms with Gasteiger partial charge in [0.2, 0.25) is 0 Å². The number of hydrogen-bond acceptors (Lipinski definition) is 1. The van der Waals surface area contributed by atoms with Gasteiger partial charge >= 0.3 is 0 Å². The van der Waals surface area contributed by atoms with E-state index in [0.29, 0.717) is 17.8 Å². The number of fused-ring (bicyclic) bond motifs is 4. The number of aryl methyl sites for hydroxylation is 2. The van der Waals surface area contributed by atoms with E-state index in [2.05, 4.69) is 249 Å². The molecule has 0 amide bonds. The average Bonchev–Trinajstić information content (AvgIpc) is 3.70. The summed E-state index contributed by atoms with van der Waals surface area (Å²) in [6, 6.07) is 79.2. The van der Waals surface area contributed by atoms with Gasteiger partial charge in [-0.1, -0.05) is 167 Å². The standard InChI is InChI=1S/C65H58N2/c1-5-46(49-20-22-50(23-21-49)54-26-24-51-25-27-55(51)41-54)40-45(4)48-16-18-52(19-17-48)56-32-38-64-62(42-56)63-43-57(33-39-65(63)67(64)61-34-28-47(29-35-61)44(2)3)53-30-36-60(37-31-53)66(58-12-8-6-9-13-58)59-14-10-7-11-15-59/h6-24,26,28-39,41-46H,5,25,27,40H2,1-4H3. The summed E-state index contributed by atoms with van der Waals surface area (Å²) in [6.07, 6.45) is 4.70. The van der Waals surface area contributed by atoms with Crippen molar-refractivity contribution in [1.29, 1.82) is 0 Å². The first-order valence-corrected chi connectivity index (χ1v) is 24.4. The van der Waals surface area contributed by atoms with Crippen LogP contribution in [0.3, 0.4) is 0 Å². The van der Waals surface area contributed by atoms with Gasteiger partial charge in [-0.3, -0.25) is 0 Å². The fraction of sp³-hybridized carbons (Fsp3) is 0.169. The van der Waals surface area contributed by atoms with Gasteiger partial charge in [0.1, 0.15) is 0 Å². The van der Waals surface area contributed by atoms with E-state index < -0.39 is 0 Å². The monoisotopic (exact) mass is 866 g/mol. The van der Waals surface area contributed by atoms with Gasteiger partial charge in [0.15, 0.2) is 0 Å². The lowest BCUT2D eigenvalue weighted by molar-refractivity contribution is 0.544. The average molecular weight is 867 g/mol. The van der Waals surface area contributed by atoms with Crippen molar-refractivity contribution in [2.45, 2.75) is 71.1 Å². The predicted octanol–water partition coefficient (Wildman–Crippen LogP) is 18.2. The molecule has 1 aromatic heterocycles. The molecule has 0 N–H and O–H groups in total. The lowest BCUT2D eigenvalue weighted by atomic mass is 9.83.